The van der Waals surface area contributed by atoms with Crippen LogP contribution in [0.3, 0.4) is 0 Å². The van der Waals surface area contributed by atoms with Crippen molar-refractivity contribution in [2.45, 2.75) is 75.3 Å². The number of pyridine rings is 1. The van der Waals surface area contributed by atoms with E-state index in [0.717, 1.165) is 50.6 Å². The third-order valence-electron chi connectivity index (χ3n) is 7.77. The minimum Gasteiger partial charge on any atom is -0.480 e. The number of nitrogens with one attached hydrogen (secondary N) is 1. The fraction of sp³-hybridized carbons (Fsp3) is 0.464. The van der Waals surface area contributed by atoms with Crippen LogP contribution in [0.5, 0.6) is 5.88 Å². The maximum atomic E-state index is 13.9. The zero-order chi connectivity index (χ0) is 28.6. The van der Waals surface area contributed by atoms with Crippen LogP contribution in [0.4, 0.5) is 5.82 Å². The smallest absolute Gasteiger partial charge is 0.295 e. The largest absolute Gasteiger partial charge is 0.480 e. The highest BCUT2D eigenvalue weighted by atomic mass is 32.2. The van der Waals surface area contributed by atoms with E-state index in [9.17, 15) is 13.2 Å². The quantitative estimate of drug-likeness (QED) is 0.309. The number of nitrogens with zero attached hydrogens (tertiary/aromatic N) is 7. The average molecular weight is 577 g/mol. The van der Waals surface area contributed by atoms with Crippen molar-refractivity contribution < 1.29 is 13.2 Å². The summed E-state index contributed by atoms with van der Waals surface area (Å²) in [5.41, 5.74) is 2.79. The molecule has 0 saturated heterocycles. The number of hydrogen-bond acceptors (Lipinski definition) is 11. The maximum absolute atomic E-state index is 13.9. The zero-order valence-electron chi connectivity index (χ0n) is 23.1. The lowest BCUT2D eigenvalue weighted by molar-refractivity contribution is 0.352. The highest BCUT2D eigenvalue weighted by Gasteiger charge is 2.32. The van der Waals surface area contributed by atoms with Gasteiger partial charge in [0, 0.05) is 18.2 Å². The fourth-order valence-electron chi connectivity index (χ4n) is 5.37. The van der Waals surface area contributed by atoms with E-state index in [-0.39, 0.29) is 34.6 Å². The van der Waals surface area contributed by atoms with Crippen LogP contribution in [-0.2, 0) is 16.4 Å². The first-order chi connectivity index (χ1) is 19.9. The summed E-state index contributed by atoms with van der Waals surface area (Å²) >= 11 is 0. The molecule has 2 saturated carbocycles. The van der Waals surface area contributed by atoms with E-state index in [0.29, 0.717) is 40.0 Å². The molecule has 1 N–H and O–H groups in total. The molecule has 4 heterocycles. The van der Waals surface area contributed by atoms with Crippen molar-refractivity contribution in [3.8, 4) is 17.3 Å². The van der Waals surface area contributed by atoms with E-state index in [1.807, 2.05) is 0 Å². The van der Waals surface area contributed by atoms with Crippen molar-refractivity contribution in [3.63, 3.8) is 0 Å². The molecule has 2 aliphatic carbocycles. The van der Waals surface area contributed by atoms with Gasteiger partial charge in [0.15, 0.2) is 27.1 Å². The Balaban J connectivity index is 1.40. The summed E-state index contributed by atoms with van der Waals surface area (Å²) in [7, 11) is -1.78. The van der Waals surface area contributed by atoms with Gasteiger partial charge in [-0.1, -0.05) is 26.2 Å². The summed E-state index contributed by atoms with van der Waals surface area (Å²) in [4.78, 5) is 41.3. The molecule has 0 spiro atoms. The molecule has 0 aliphatic heterocycles. The Morgan fingerprint density at radius 1 is 1.00 bits per heavy atom. The third-order valence-corrected chi connectivity index (χ3v) is 9.49. The van der Waals surface area contributed by atoms with Crippen LogP contribution in [0.2, 0.25) is 0 Å². The first kappa shape index (κ1) is 27.2. The maximum Gasteiger partial charge on any atom is 0.295 e. The number of methoxy groups -OCH3 is 1. The third kappa shape index (κ3) is 5.37. The summed E-state index contributed by atoms with van der Waals surface area (Å²) in [5, 5.41) is 3.12. The molecule has 0 bridgehead atoms. The number of rotatable bonds is 9. The van der Waals surface area contributed by atoms with Gasteiger partial charge in [0.2, 0.25) is 5.88 Å². The Morgan fingerprint density at radius 3 is 2.49 bits per heavy atom. The fourth-order valence-corrected chi connectivity index (χ4v) is 6.19. The minimum absolute atomic E-state index is 0.00372. The Morgan fingerprint density at radius 2 is 1.80 bits per heavy atom. The Bertz CT molecular complexity index is 1750. The standard InChI is InChI=1S/C28H32N8O4S/c1-3-41(38,39)20-12-11-18(29-14-20)13-30-25-28(37)36(19-7-5-4-6-8-19)26-21(34-25)15-31-24(35-26)22-23(17-9-10-17)32-16-33-27(22)40-2/h11-12,14-17,19H,3-10,13H2,1-2H3,(H,30,34). The molecule has 6 rings (SSSR count). The molecule has 0 amide bonds. The normalized spacial score (nSPS) is 16.1. The Hall–Kier alpha value is -4.00. The second-order valence-corrected chi connectivity index (χ2v) is 12.8. The van der Waals surface area contributed by atoms with Gasteiger partial charge in [0.25, 0.3) is 5.56 Å². The number of hydrogen-bond donors (Lipinski definition) is 1. The molecular weight excluding hydrogens is 544 g/mol. The van der Waals surface area contributed by atoms with Crippen molar-refractivity contribution in [1.82, 2.24) is 34.5 Å². The number of sulfone groups is 1. The van der Waals surface area contributed by atoms with E-state index in [1.165, 1.54) is 18.6 Å². The van der Waals surface area contributed by atoms with Crippen molar-refractivity contribution >= 4 is 26.8 Å². The molecular formula is C28H32N8O4S. The predicted octanol–water partition coefficient (Wildman–Crippen LogP) is 3.84. The van der Waals surface area contributed by atoms with Crippen molar-refractivity contribution in [2.24, 2.45) is 0 Å². The molecule has 0 unspecified atom stereocenters. The number of ether oxygens (including phenoxy) is 1. The highest BCUT2D eigenvalue weighted by molar-refractivity contribution is 7.91. The topological polar surface area (TPSA) is 155 Å². The Labute approximate surface area is 237 Å². The molecule has 4 aromatic heterocycles. The molecule has 2 aliphatic rings. The van der Waals surface area contributed by atoms with Crippen LogP contribution >= 0.6 is 0 Å². The summed E-state index contributed by atoms with van der Waals surface area (Å²) in [6.07, 6.45) is 11.5. The van der Waals surface area contributed by atoms with Crippen molar-refractivity contribution in [2.75, 3.05) is 18.2 Å². The molecule has 214 valence electrons. The summed E-state index contributed by atoms with van der Waals surface area (Å²) < 4.78 is 31.6. The summed E-state index contributed by atoms with van der Waals surface area (Å²) in [5.74, 6) is 1.31. The van der Waals surface area contributed by atoms with E-state index >= 15 is 0 Å². The Kier molecular flexibility index (Phi) is 7.37. The van der Waals surface area contributed by atoms with Crippen molar-refractivity contribution in [1.29, 1.82) is 0 Å². The minimum atomic E-state index is -3.34. The van der Waals surface area contributed by atoms with Gasteiger partial charge in [-0.2, -0.15) is 0 Å². The van der Waals surface area contributed by atoms with Gasteiger partial charge in [-0.25, -0.2) is 33.3 Å². The van der Waals surface area contributed by atoms with Crippen LogP contribution in [0.15, 0.2) is 40.5 Å². The molecule has 12 nitrogen and oxygen atoms in total. The van der Waals surface area contributed by atoms with Gasteiger partial charge in [0.05, 0.1) is 41.9 Å². The lowest BCUT2D eigenvalue weighted by Crippen LogP contribution is -2.30. The highest BCUT2D eigenvalue weighted by Crippen LogP contribution is 2.45. The first-order valence-corrected chi connectivity index (χ1v) is 15.6. The number of anilines is 1. The molecule has 0 atom stereocenters. The van der Waals surface area contributed by atoms with E-state index < -0.39 is 9.84 Å². The zero-order valence-corrected chi connectivity index (χ0v) is 23.9. The molecule has 2 fully saturated rings. The number of fused-ring (bicyclic) bond motifs is 1. The van der Waals surface area contributed by atoms with Gasteiger partial charge in [-0.3, -0.25) is 14.3 Å². The lowest BCUT2D eigenvalue weighted by Gasteiger charge is -2.25. The van der Waals surface area contributed by atoms with Crippen LogP contribution in [0.25, 0.3) is 22.6 Å². The molecule has 4 aromatic rings. The molecule has 0 radical (unpaired) electrons. The molecule has 13 heteroatoms. The summed E-state index contributed by atoms with van der Waals surface area (Å²) in [6.45, 7) is 1.80. The lowest BCUT2D eigenvalue weighted by atomic mass is 9.95. The molecule has 0 aromatic carbocycles. The predicted molar refractivity (Wildman–Crippen MR) is 153 cm³/mol. The van der Waals surface area contributed by atoms with Crippen LogP contribution in [-0.4, -0.2) is 55.8 Å². The first-order valence-electron chi connectivity index (χ1n) is 14.0. The molecule has 41 heavy (non-hydrogen) atoms. The van der Waals surface area contributed by atoms with Crippen LogP contribution in [0.1, 0.15) is 75.2 Å². The SMILES string of the molecule is CCS(=O)(=O)c1ccc(CNc2nc3cnc(-c4c(OC)ncnc4C4CC4)nc3n(C3CCCCC3)c2=O)nc1. The van der Waals surface area contributed by atoms with Gasteiger partial charge < -0.3 is 10.1 Å². The van der Waals surface area contributed by atoms with Crippen molar-refractivity contribution in [3.05, 3.63) is 52.6 Å². The van der Waals surface area contributed by atoms with Gasteiger partial charge in [-0.15, -0.1) is 0 Å². The van der Waals surface area contributed by atoms with Gasteiger partial charge in [0.1, 0.15) is 17.4 Å². The average Bonchev–Trinajstić information content (AvgIpc) is 3.86. The van der Waals surface area contributed by atoms with E-state index in [4.69, 9.17) is 9.72 Å². The van der Waals surface area contributed by atoms with E-state index in [2.05, 4.69) is 30.2 Å². The van der Waals surface area contributed by atoms with Gasteiger partial charge in [-0.05, 0) is 37.8 Å². The van der Waals surface area contributed by atoms with E-state index in [1.54, 1.807) is 30.9 Å². The second kappa shape index (κ2) is 11.1. The van der Waals surface area contributed by atoms with Gasteiger partial charge >= 0.3 is 0 Å². The van der Waals surface area contributed by atoms with Crippen LogP contribution < -0.4 is 15.6 Å². The van der Waals surface area contributed by atoms with Crippen LogP contribution in [0, 0.1) is 0 Å². The monoisotopic (exact) mass is 576 g/mol. The summed E-state index contributed by atoms with van der Waals surface area (Å²) in [6, 6.07) is 3.15. The number of aromatic nitrogens is 7. The second-order valence-electron chi connectivity index (χ2n) is 10.5.